The lowest BCUT2D eigenvalue weighted by Crippen LogP contribution is -2.17. The molecule has 9 heteroatoms. The van der Waals surface area contributed by atoms with Crippen LogP contribution in [0.3, 0.4) is 0 Å². The van der Waals surface area contributed by atoms with E-state index in [-0.39, 0.29) is 11.6 Å². The van der Waals surface area contributed by atoms with Gasteiger partial charge in [-0.1, -0.05) is 30.3 Å². The smallest absolute Gasteiger partial charge is 0.415 e. The molecule has 0 saturated heterocycles. The molecule has 0 N–H and O–H groups in total. The van der Waals surface area contributed by atoms with Gasteiger partial charge in [-0.3, -0.25) is 4.98 Å². The van der Waals surface area contributed by atoms with Crippen LogP contribution in [0.4, 0.5) is 13.2 Å². The highest BCUT2D eigenvalue weighted by Crippen LogP contribution is 2.28. The van der Waals surface area contributed by atoms with Crippen LogP contribution in [0, 0.1) is 0 Å². The number of alkyl halides is 3. The number of aromatic nitrogens is 4. The third kappa shape index (κ3) is 3.98. The van der Waals surface area contributed by atoms with E-state index in [4.69, 9.17) is 4.42 Å². The molecule has 0 aliphatic heterocycles. The van der Waals surface area contributed by atoms with Crippen molar-refractivity contribution >= 4 is 0 Å². The summed E-state index contributed by atoms with van der Waals surface area (Å²) >= 11 is 0. The summed E-state index contributed by atoms with van der Waals surface area (Å²) in [6.45, 7) is 0. The first kappa shape index (κ1) is 17.7. The fourth-order valence-electron chi connectivity index (χ4n) is 2.48. The SMILES string of the molecule is FC(F)(F)Oc1cccc(-c2cncc(-c3nnc(-c4ccccc4)o3)n2)c1. The van der Waals surface area contributed by atoms with Crippen molar-refractivity contribution in [2.24, 2.45) is 0 Å². The summed E-state index contributed by atoms with van der Waals surface area (Å²) in [4.78, 5) is 8.43. The van der Waals surface area contributed by atoms with Crippen molar-refractivity contribution in [3.8, 4) is 40.0 Å². The largest absolute Gasteiger partial charge is 0.573 e. The quantitative estimate of drug-likeness (QED) is 0.505. The van der Waals surface area contributed by atoms with E-state index < -0.39 is 6.36 Å². The lowest BCUT2D eigenvalue weighted by Gasteiger charge is -2.09. The fraction of sp³-hybridized carbons (Fsp3) is 0.0526. The van der Waals surface area contributed by atoms with Crippen LogP contribution in [-0.2, 0) is 0 Å². The molecule has 0 radical (unpaired) electrons. The summed E-state index contributed by atoms with van der Waals surface area (Å²) in [5.74, 6) is 0.126. The molecule has 0 amide bonds. The molecule has 0 atom stereocenters. The third-order valence-corrected chi connectivity index (χ3v) is 3.66. The highest BCUT2D eigenvalue weighted by atomic mass is 19.4. The fourth-order valence-corrected chi connectivity index (χ4v) is 2.48. The second-order valence-corrected chi connectivity index (χ2v) is 5.64. The number of hydrogen-bond acceptors (Lipinski definition) is 6. The molecule has 0 aliphatic carbocycles. The van der Waals surface area contributed by atoms with Gasteiger partial charge in [0.2, 0.25) is 5.89 Å². The first-order chi connectivity index (χ1) is 13.5. The number of hydrogen-bond donors (Lipinski definition) is 0. The van der Waals surface area contributed by atoms with Crippen LogP contribution in [0.2, 0.25) is 0 Å². The number of rotatable bonds is 4. The molecular weight excluding hydrogens is 373 g/mol. The molecule has 2 aromatic carbocycles. The predicted octanol–water partition coefficient (Wildman–Crippen LogP) is 4.76. The van der Waals surface area contributed by atoms with Gasteiger partial charge in [0.15, 0.2) is 0 Å². The minimum Gasteiger partial charge on any atom is -0.415 e. The Kier molecular flexibility index (Phi) is 4.48. The second-order valence-electron chi connectivity index (χ2n) is 5.64. The van der Waals surface area contributed by atoms with Gasteiger partial charge < -0.3 is 9.15 Å². The lowest BCUT2D eigenvalue weighted by atomic mass is 10.1. The summed E-state index contributed by atoms with van der Waals surface area (Å²) < 4.78 is 46.9. The molecule has 4 rings (SSSR count). The summed E-state index contributed by atoms with van der Waals surface area (Å²) in [6, 6.07) is 14.7. The van der Waals surface area contributed by atoms with Gasteiger partial charge in [0.1, 0.15) is 11.4 Å². The molecular formula is C19H11F3N4O2. The monoisotopic (exact) mass is 384 g/mol. The highest BCUT2D eigenvalue weighted by molar-refractivity contribution is 5.63. The van der Waals surface area contributed by atoms with E-state index in [1.165, 1.54) is 30.6 Å². The van der Waals surface area contributed by atoms with Gasteiger partial charge in [-0.05, 0) is 24.3 Å². The number of ether oxygens (including phenoxy) is 1. The molecule has 0 spiro atoms. The standard InChI is InChI=1S/C19H11F3N4O2/c20-19(21,22)28-14-8-4-7-13(9-14)15-10-23-11-16(24-15)18-26-25-17(27-18)12-5-2-1-3-6-12/h1-11H. The van der Waals surface area contributed by atoms with Gasteiger partial charge in [0, 0.05) is 11.1 Å². The Morgan fingerprint density at radius 1 is 0.786 bits per heavy atom. The van der Waals surface area contributed by atoms with E-state index in [0.29, 0.717) is 22.8 Å². The van der Waals surface area contributed by atoms with Gasteiger partial charge in [-0.2, -0.15) is 0 Å². The van der Waals surface area contributed by atoms with Gasteiger partial charge in [0.05, 0.1) is 18.1 Å². The number of benzene rings is 2. The van der Waals surface area contributed by atoms with E-state index in [2.05, 4.69) is 24.9 Å². The van der Waals surface area contributed by atoms with Crippen LogP contribution in [0.15, 0.2) is 71.4 Å². The first-order valence-corrected chi connectivity index (χ1v) is 8.05. The Balaban J connectivity index is 1.64. The molecule has 2 heterocycles. The van der Waals surface area contributed by atoms with E-state index in [1.807, 2.05) is 30.3 Å². The van der Waals surface area contributed by atoms with E-state index >= 15 is 0 Å². The molecule has 0 bridgehead atoms. The van der Waals surface area contributed by atoms with Crippen LogP contribution in [0.25, 0.3) is 34.3 Å². The van der Waals surface area contributed by atoms with Crippen LogP contribution >= 0.6 is 0 Å². The Labute approximate surface area is 156 Å². The maximum absolute atomic E-state index is 12.4. The van der Waals surface area contributed by atoms with Gasteiger partial charge in [-0.15, -0.1) is 23.4 Å². The Morgan fingerprint density at radius 2 is 1.50 bits per heavy atom. The van der Waals surface area contributed by atoms with Crippen molar-refractivity contribution in [3.05, 3.63) is 67.0 Å². The van der Waals surface area contributed by atoms with Gasteiger partial charge in [-0.25, -0.2) is 4.98 Å². The molecule has 0 unspecified atom stereocenters. The molecule has 28 heavy (non-hydrogen) atoms. The third-order valence-electron chi connectivity index (χ3n) is 3.66. The van der Waals surface area contributed by atoms with Crippen molar-refractivity contribution in [2.75, 3.05) is 0 Å². The molecule has 140 valence electrons. The van der Waals surface area contributed by atoms with E-state index in [1.54, 1.807) is 6.07 Å². The second kappa shape index (κ2) is 7.10. The minimum absolute atomic E-state index is 0.149. The van der Waals surface area contributed by atoms with Gasteiger partial charge in [0.25, 0.3) is 5.89 Å². The highest BCUT2D eigenvalue weighted by Gasteiger charge is 2.31. The zero-order chi connectivity index (χ0) is 19.6. The van der Waals surface area contributed by atoms with Crippen molar-refractivity contribution < 1.29 is 22.3 Å². The maximum Gasteiger partial charge on any atom is 0.573 e. The molecule has 2 aromatic heterocycles. The van der Waals surface area contributed by atoms with Crippen LogP contribution in [-0.4, -0.2) is 26.5 Å². The van der Waals surface area contributed by atoms with E-state index in [9.17, 15) is 13.2 Å². The molecule has 6 nitrogen and oxygen atoms in total. The average molecular weight is 384 g/mol. The summed E-state index contributed by atoms with van der Waals surface area (Å²) in [5, 5.41) is 7.96. The number of halogens is 3. The number of nitrogens with zero attached hydrogens (tertiary/aromatic N) is 4. The van der Waals surface area contributed by atoms with Crippen LogP contribution in [0.5, 0.6) is 5.75 Å². The maximum atomic E-state index is 12.4. The zero-order valence-electron chi connectivity index (χ0n) is 14.1. The Morgan fingerprint density at radius 3 is 2.29 bits per heavy atom. The normalized spacial score (nSPS) is 11.4. The zero-order valence-corrected chi connectivity index (χ0v) is 14.1. The van der Waals surface area contributed by atoms with Gasteiger partial charge >= 0.3 is 6.36 Å². The Bertz CT molecular complexity index is 1100. The van der Waals surface area contributed by atoms with E-state index in [0.717, 1.165) is 5.56 Å². The summed E-state index contributed by atoms with van der Waals surface area (Å²) in [6.07, 6.45) is -1.92. The predicted molar refractivity (Wildman–Crippen MR) is 92.9 cm³/mol. The van der Waals surface area contributed by atoms with Crippen LogP contribution in [0.1, 0.15) is 0 Å². The lowest BCUT2D eigenvalue weighted by molar-refractivity contribution is -0.274. The molecule has 0 fully saturated rings. The van der Waals surface area contributed by atoms with Crippen molar-refractivity contribution in [3.63, 3.8) is 0 Å². The topological polar surface area (TPSA) is 73.9 Å². The summed E-state index contributed by atoms with van der Waals surface area (Å²) in [7, 11) is 0. The Hall–Kier alpha value is -3.75. The summed E-state index contributed by atoms with van der Waals surface area (Å²) in [5.41, 5.74) is 1.79. The van der Waals surface area contributed by atoms with Crippen molar-refractivity contribution in [1.82, 2.24) is 20.2 Å². The van der Waals surface area contributed by atoms with Crippen molar-refractivity contribution in [1.29, 1.82) is 0 Å². The van der Waals surface area contributed by atoms with Crippen molar-refractivity contribution in [2.45, 2.75) is 6.36 Å². The molecule has 0 aliphatic rings. The molecule has 4 aromatic rings. The minimum atomic E-state index is -4.77. The van der Waals surface area contributed by atoms with Crippen LogP contribution < -0.4 is 4.74 Å². The average Bonchev–Trinajstić information content (AvgIpc) is 3.18. The first-order valence-electron chi connectivity index (χ1n) is 8.05. The molecule has 0 saturated carbocycles.